The summed E-state index contributed by atoms with van der Waals surface area (Å²) in [5.41, 5.74) is 1.84. The number of nitrogens with zero attached hydrogens (tertiary/aromatic N) is 3. The Morgan fingerprint density at radius 2 is 2.26 bits per heavy atom. The minimum atomic E-state index is -0.228. The molecule has 6 heteroatoms. The number of carbonyl (C=O) groups excluding carboxylic acids is 1. The Labute approximate surface area is 159 Å². The molecule has 1 aliphatic carbocycles. The first-order chi connectivity index (χ1) is 13.0. The Morgan fingerprint density at radius 1 is 1.41 bits per heavy atom. The van der Waals surface area contributed by atoms with Gasteiger partial charge < -0.3 is 5.32 Å². The van der Waals surface area contributed by atoms with Gasteiger partial charge in [-0.05, 0) is 74.9 Å². The van der Waals surface area contributed by atoms with E-state index in [9.17, 15) is 9.18 Å². The van der Waals surface area contributed by atoms with Crippen molar-refractivity contribution in [3.63, 3.8) is 0 Å². The van der Waals surface area contributed by atoms with Gasteiger partial charge in [0, 0.05) is 37.4 Å². The molecule has 5 nitrogen and oxygen atoms in total. The third-order valence-electron chi connectivity index (χ3n) is 5.92. The van der Waals surface area contributed by atoms with E-state index in [0.717, 1.165) is 37.2 Å². The van der Waals surface area contributed by atoms with Crippen molar-refractivity contribution in [1.29, 1.82) is 0 Å². The fraction of sp³-hybridized carbons (Fsp3) is 0.524. The highest BCUT2D eigenvalue weighted by molar-refractivity contribution is 5.80. The summed E-state index contributed by atoms with van der Waals surface area (Å²) in [5, 5.41) is 7.35. The Hall–Kier alpha value is -2.21. The molecular weight excluding hydrogens is 343 g/mol. The number of nitrogens with one attached hydrogen (secondary N) is 1. The van der Waals surface area contributed by atoms with Crippen LogP contribution in [-0.4, -0.2) is 39.7 Å². The van der Waals surface area contributed by atoms with E-state index in [1.807, 2.05) is 26.1 Å². The van der Waals surface area contributed by atoms with Crippen molar-refractivity contribution in [2.24, 2.45) is 17.8 Å². The second kappa shape index (κ2) is 7.43. The molecular formula is C21H27FN4O. The number of rotatable bonds is 5. The van der Waals surface area contributed by atoms with Crippen molar-refractivity contribution in [1.82, 2.24) is 20.0 Å². The Kier molecular flexibility index (Phi) is 5.00. The molecule has 1 aliphatic heterocycles. The van der Waals surface area contributed by atoms with Crippen molar-refractivity contribution >= 4 is 5.91 Å². The molecule has 1 saturated heterocycles. The molecule has 2 aromatic rings. The van der Waals surface area contributed by atoms with E-state index in [4.69, 9.17) is 0 Å². The zero-order valence-corrected chi connectivity index (χ0v) is 15.9. The first-order valence-electron chi connectivity index (χ1n) is 9.82. The zero-order chi connectivity index (χ0) is 19.0. The molecule has 0 unspecified atom stereocenters. The number of hydrogen-bond acceptors (Lipinski definition) is 3. The van der Waals surface area contributed by atoms with Gasteiger partial charge in [-0.25, -0.2) is 9.07 Å². The molecule has 3 atom stereocenters. The highest BCUT2D eigenvalue weighted by atomic mass is 19.1. The Bertz CT molecular complexity index is 805. The smallest absolute Gasteiger partial charge is 0.223 e. The van der Waals surface area contributed by atoms with Crippen molar-refractivity contribution in [2.45, 2.75) is 39.3 Å². The van der Waals surface area contributed by atoms with Crippen LogP contribution in [0, 0.1) is 23.6 Å². The summed E-state index contributed by atoms with van der Waals surface area (Å²) >= 11 is 0. The van der Waals surface area contributed by atoms with Gasteiger partial charge in [-0.3, -0.25) is 9.69 Å². The van der Waals surface area contributed by atoms with Crippen molar-refractivity contribution in [2.75, 3.05) is 13.1 Å². The molecule has 1 aromatic carbocycles. The number of aromatic nitrogens is 2. The van der Waals surface area contributed by atoms with E-state index in [1.165, 1.54) is 6.07 Å². The fourth-order valence-electron chi connectivity index (χ4n) is 4.55. The minimum absolute atomic E-state index is 0.123. The molecule has 2 aliphatic rings. The van der Waals surface area contributed by atoms with E-state index in [0.29, 0.717) is 18.4 Å². The highest BCUT2D eigenvalue weighted by Crippen LogP contribution is 2.46. The molecule has 2 heterocycles. The molecule has 0 bridgehead atoms. The lowest BCUT2D eigenvalue weighted by Crippen LogP contribution is -2.55. The van der Waals surface area contributed by atoms with Crippen LogP contribution in [0.15, 0.2) is 36.7 Å². The lowest BCUT2D eigenvalue weighted by Gasteiger charge is -2.50. The van der Waals surface area contributed by atoms with Crippen molar-refractivity contribution < 1.29 is 9.18 Å². The van der Waals surface area contributed by atoms with Gasteiger partial charge in [0.2, 0.25) is 5.91 Å². The summed E-state index contributed by atoms with van der Waals surface area (Å²) < 4.78 is 15.7. The number of fused-ring (bicyclic) bond motifs is 1. The maximum Gasteiger partial charge on any atom is 0.223 e. The zero-order valence-electron chi connectivity index (χ0n) is 15.9. The summed E-state index contributed by atoms with van der Waals surface area (Å²) in [7, 11) is 0. The molecule has 27 heavy (non-hydrogen) atoms. The molecule has 144 valence electrons. The van der Waals surface area contributed by atoms with Gasteiger partial charge >= 0.3 is 0 Å². The summed E-state index contributed by atoms with van der Waals surface area (Å²) in [6, 6.07) is 6.91. The third kappa shape index (κ3) is 3.76. The van der Waals surface area contributed by atoms with Crippen LogP contribution >= 0.6 is 0 Å². The second-order valence-corrected chi connectivity index (χ2v) is 8.18. The van der Waals surface area contributed by atoms with E-state index in [2.05, 4.69) is 15.3 Å². The molecule has 1 aromatic heterocycles. The average Bonchev–Trinajstić information content (AvgIpc) is 3.11. The van der Waals surface area contributed by atoms with E-state index < -0.39 is 0 Å². The third-order valence-corrected chi connectivity index (χ3v) is 5.92. The van der Waals surface area contributed by atoms with Gasteiger partial charge in [0.05, 0.1) is 5.69 Å². The normalized spacial score (nSPS) is 25.1. The van der Waals surface area contributed by atoms with Crippen LogP contribution in [0.2, 0.25) is 0 Å². The van der Waals surface area contributed by atoms with E-state index >= 15 is 0 Å². The van der Waals surface area contributed by atoms with Gasteiger partial charge in [0.15, 0.2) is 0 Å². The number of hydrogen-bond donors (Lipinski definition) is 1. The molecule has 0 spiro atoms. The maximum atomic E-state index is 13.9. The SMILES string of the molecule is CC(C)NC(=O)[C@@H]1C[C@H]2CCN(Cc3cc(F)ccc3-n3cccn3)C[C@H]21. The van der Waals surface area contributed by atoms with Crippen LogP contribution in [0.25, 0.3) is 5.69 Å². The molecule has 0 radical (unpaired) electrons. The van der Waals surface area contributed by atoms with Crippen LogP contribution in [0.5, 0.6) is 0 Å². The van der Waals surface area contributed by atoms with Gasteiger partial charge in [-0.2, -0.15) is 5.10 Å². The van der Waals surface area contributed by atoms with Gasteiger partial charge in [-0.15, -0.1) is 0 Å². The molecule has 1 amide bonds. The van der Waals surface area contributed by atoms with Crippen LogP contribution in [0.4, 0.5) is 4.39 Å². The van der Waals surface area contributed by atoms with E-state index in [-0.39, 0.29) is 23.7 Å². The topological polar surface area (TPSA) is 50.2 Å². The van der Waals surface area contributed by atoms with Gasteiger partial charge in [0.1, 0.15) is 5.82 Å². The lowest BCUT2D eigenvalue weighted by atomic mass is 9.61. The van der Waals surface area contributed by atoms with Crippen molar-refractivity contribution in [3.05, 3.63) is 48.0 Å². The van der Waals surface area contributed by atoms with Crippen LogP contribution in [0.1, 0.15) is 32.3 Å². The Balaban J connectivity index is 1.47. The molecule has 4 rings (SSSR count). The molecule has 2 fully saturated rings. The lowest BCUT2D eigenvalue weighted by molar-refractivity contribution is -0.137. The maximum absolute atomic E-state index is 13.9. The summed E-state index contributed by atoms with van der Waals surface area (Å²) in [6.07, 6.45) is 5.73. The number of likely N-dealkylation sites (tertiary alicyclic amines) is 1. The summed E-state index contributed by atoms with van der Waals surface area (Å²) in [5.74, 6) is 1.16. The molecule has 1 saturated carbocycles. The van der Waals surface area contributed by atoms with E-state index in [1.54, 1.807) is 23.0 Å². The largest absolute Gasteiger partial charge is 0.354 e. The first-order valence-corrected chi connectivity index (χ1v) is 9.82. The second-order valence-electron chi connectivity index (χ2n) is 8.18. The van der Waals surface area contributed by atoms with Crippen molar-refractivity contribution in [3.8, 4) is 5.69 Å². The number of piperidine rings is 1. The van der Waals surface area contributed by atoms with Crippen LogP contribution in [-0.2, 0) is 11.3 Å². The van der Waals surface area contributed by atoms with Crippen LogP contribution < -0.4 is 5.32 Å². The van der Waals surface area contributed by atoms with Crippen LogP contribution in [0.3, 0.4) is 0 Å². The predicted molar refractivity (Wildman–Crippen MR) is 102 cm³/mol. The first kappa shape index (κ1) is 18.2. The quantitative estimate of drug-likeness (QED) is 0.880. The predicted octanol–water partition coefficient (Wildman–Crippen LogP) is 2.99. The number of amides is 1. The van der Waals surface area contributed by atoms with Gasteiger partial charge in [-0.1, -0.05) is 0 Å². The minimum Gasteiger partial charge on any atom is -0.354 e. The average molecular weight is 370 g/mol. The fourth-order valence-corrected chi connectivity index (χ4v) is 4.55. The number of carbonyl (C=O) groups is 1. The highest BCUT2D eigenvalue weighted by Gasteiger charge is 2.47. The summed E-state index contributed by atoms with van der Waals surface area (Å²) in [4.78, 5) is 14.8. The Morgan fingerprint density at radius 3 is 3.00 bits per heavy atom. The molecule has 1 N–H and O–H groups in total. The summed E-state index contributed by atoms with van der Waals surface area (Å²) in [6.45, 7) is 6.57. The number of halogens is 1. The monoisotopic (exact) mass is 370 g/mol. The number of benzene rings is 1. The standard InChI is InChI=1S/C21H27FN4O/c1-14(2)24-21(27)18-11-15-6-9-25(13-19(15)18)12-16-10-17(22)4-5-20(16)26-8-3-7-23-26/h3-5,7-8,10,14-15,18-19H,6,9,11-13H2,1-2H3,(H,24,27)/t15-,18-,19-/m1/s1. The van der Waals surface area contributed by atoms with Gasteiger partial charge in [0.25, 0.3) is 0 Å².